The molecule has 48 valence electrons. The van der Waals surface area contributed by atoms with E-state index in [4.69, 9.17) is 13.7 Å². The monoisotopic (exact) mass is 119 g/mol. The average Bonchev–Trinajstić information content (AvgIpc) is 1.68. The quantitative estimate of drug-likeness (QED) is 0.485. The van der Waals surface area contributed by atoms with Crippen molar-refractivity contribution in [3.8, 4) is 0 Å². The van der Waals surface area contributed by atoms with Crippen LogP contribution in [0.4, 0.5) is 0 Å². The Kier molecular flexibility index (Phi) is 2.62. The summed E-state index contributed by atoms with van der Waals surface area (Å²) in [4.78, 5) is 0. The summed E-state index contributed by atoms with van der Waals surface area (Å²) in [6, 6.07) is 0. The maximum absolute atomic E-state index is 6.78. The van der Waals surface area contributed by atoms with E-state index in [0.717, 1.165) is 0 Å². The van der Waals surface area contributed by atoms with Gasteiger partial charge in [-0.15, -0.1) is 0 Å². The molecule has 0 saturated carbocycles. The number of nitrogens with one attached hydrogen (secondary N) is 2. The van der Waals surface area contributed by atoms with Crippen LogP contribution in [0.5, 0.6) is 0 Å². The van der Waals surface area contributed by atoms with Crippen molar-refractivity contribution in [3.63, 3.8) is 0 Å². The Morgan fingerprint density at radius 3 is 2.57 bits per heavy atom. The molecular weight excluding hydrogens is 90.1 g/mol. The van der Waals surface area contributed by atoms with E-state index in [1.165, 1.54) is 12.2 Å². The molecule has 0 fully saturated rings. The molecule has 0 spiro atoms. The van der Waals surface area contributed by atoms with E-state index < -0.39 is 27.4 Å². The zero-order valence-corrected chi connectivity index (χ0v) is 4.08. The minimum Gasteiger partial charge on any atom is -0.323 e. The summed E-state index contributed by atoms with van der Waals surface area (Å²) in [5.74, 6) is 0. The Bertz CT molecular complexity index is 189. The molecule has 0 aliphatic heterocycles. The van der Waals surface area contributed by atoms with Crippen LogP contribution in [0.15, 0.2) is 0 Å². The molecule has 0 bridgehead atoms. The Morgan fingerprint density at radius 2 is 2.57 bits per heavy atom. The molecule has 0 unspecified atom stereocenters. The van der Waals surface area contributed by atoms with E-state index in [0.29, 0.717) is 0 Å². The lowest BCUT2D eigenvalue weighted by atomic mass is 11.2. The van der Waals surface area contributed by atoms with Gasteiger partial charge < -0.3 is 10.6 Å². The van der Waals surface area contributed by atoms with E-state index in [2.05, 4.69) is 0 Å². The van der Waals surface area contributed by atoms with E-state index in [9.17, 15) is 0 Å². The van der Waals surface area contributed by atoms with Crippen molar-refractivity contribution in [2.75, 3.05) is 27.4 Å². The first kappa shape index (κ1) is 1.09. The summed E-state index contributed by atoms with van der Waals surface area (Å²) in [5, 5.41) is 3.51. The SMILES string of the molecule is [2HH].[2H]C([2H])([2H])NC([2H])([2H])[2H].[2H][13CH]([2H])N[13C]([2H])([2H])C. The Hall–Kier alpha value is -0.0800. The van der Waals surface area contributed by atoms with E-state index >= 15 is 0 Å². The topological polar surface area (TPSA) is 24.1 Å². The summed E-state index contributed by atoms with van der Waals surface area (Å²) >= 11 is 0. The summed E-state index contributed by atoms with van der Waals surface area (Å²) in [7, 11) is 0. The second-order valence-electron chi connectivity index (χ2n) is 0.519. The van der Waals surface area contributed by atoms with E-state index in [1.807, 2.05) is 5.32 Å². The van der Waals surface area contributed by atoms with Gasteiger partial charge in [0.2, 0.25) is 0 Å². The number of hydrogen-bond acceptors (Lipinski definition) is 2. The summed E-state index contributed by atoms with van der Waals surface area (Å²) in [6.07, 6.45) is 0. The van der Waals surface area contributed by atoms with Crippen LogP contribution in [-0.4, -0.2) is 27.4 Å². The molecule has 0 aromatic heterocycles. The lowest BCUT2D eigenvalue weighted by molar-refractivity contribution is 0.864. The Morgan fingerprint density at radius 1 is 1.86 bits per heavy atom. The molecule has 2 heteroatoms. The molecule has 0 saturated heterocycles. The first-order valence-corrected chi connectivity index (χ1v) is 1.54. The van der Waals surface area contributed by atoms with Crippen molar-refractivity contribution in [1.82, 2.24) is 10.6 Å². The van der Waals surface area contributed by atoms with Gasteiger partial charge in [0, 0.05) is 15.1 Å². The normalized spacial score (nSPS) is 34.0. The molecule has 0 radical (unpaired) electrons. The van der Waals surface area contributed by atoms with Gasteiger partial charge in [-0.05, 0) is 27.4 Å². The first-order chi connectivity index (χ1) is 7.12. The number of hydrogen-bond donors (Lipinski definition) is 2. The summed E-state index contributed by atoms with van der Waals surface area (Å²) in [6.45, 7) is -6.77. The molecule has 0 aliphatic rings. The fourth-order valence-corrected chi connectivity index (χ4v) is 0. The third kappa shape index (κ3) is 107. The fraction of sp³-hybridized carbons (Fsp3) is 1.00. The summed E-state index contributed by atoms with van der Waals surface area (Å²) in [5.41, 5.74) is 0. The first-order valence-electron chi connectivity index (χ1n) is 6.69. The van der Waals surface area contributed by atoms with Gasteiger partial charge in [0.15, 0.2) is 0 Å². The van der Waals surface area contributed by atoms with Crippen LogP contribution in [0.2, 0.25) is 0 Å². The highest BCUT2D eigenvalue weighted by Gasteiger charge is 1.50. The molecule has 7 heavy (non-hydrogen) atoms. The smallest absolute Gasteiger partial charge is 0.0425 e. The Labute approximate surface area is 61.8 Å². The van der Waals surface area contributed by atoms with Gasteiger partial charge in [-0.2, -0.15) is 0 Å². The predicted molar refractivity (Wildman–Crippen MR) is 36.7 cm³/mol. The highest BCUT2D eigenvalue weighted by Crippen LogP contribution is 1.34. The van der Waals surface area contributed by atoms with Crippen LogP contribution in [-0.2, 0) is 0 Å². The van der Waals surface area contributed by atoms with Crippen LogP contribution in [0.1, 0.15) is 22.1 Å². The third-order valence-electron chi connectivity index (χ3n) is 0.144. The Balaban J connectivity index is -0.000000238. The molecule has 0 heterocycles. The highest BCUT2D eigenvalue weighted by atomic mass is 15.1. The number of rotatable bonds is 1. The van der Waals surface area contributed by atoms with Crippen LogP contribution < -0.4 is 10.6 Å². The minimum absolute atomic E-state index is 0. The third-order valence-corrected chi connectivity index (χ3v) is 0.144. The van der Waals surface area contributed by atoms with Crippen LogP contribution in [0, 0.1) is 0 Å². The fourth-order valence-electron chi connectivity index (χ4n) is 0. The molecular formula is C5H18N2. The molecule has 0 aromatic rings. The van der Waals surface area contributed by atoms with Crippen molar-refractivity contribution in [1.29, 1.82) is 0 Å². The van der Waals surface area contributed by atoms with Gasteiger partial charge in [0.05, 0.1) is 0 Å². The molecule has 0 aliphatic carbocycles. The molecule has 0 aromatic carbocycles. The summed E-state index contributed by atoms with van der Waals surface area (Å²) < 4.78 is 65.4. The van der Waals surface area contributed by atoms with Crippen molar-refractivity contribution >= 4 is 0 Å². The average molecular weight is 119 g/mol. The van der Waals surface area contributed by atoms with Crippen LogP contribution >= 0.6 is 0 Å². The van der Waals surface area contributed by atoms with Gasteiger partial charge in [0.25, 0.3) is 0 Å². The van der Waals surface area contributed by atoms with Gasteiger partial charge in [-0.1, -0.05) is 6.92 Å². The lowest BCUT2D eigenvalue weighted by Crippen LogP contribution is -2.01. The van der Waals surface area contributed by atoms with Crippen molar-refractivity contribution in [3.05, 3.63) is 0 Å². The molecule has 0 amide bonds. The second kappa shape index (κ2) is 16.8. The van der Waals surface area contributed by atoms with E-state index in [-0.39, 0.29) is 1.43 Å². The van der Waals surface area contributed by atoms with Gasteiger partial charge in [-0.25, -0.2) is 0 Å². The molecule has 0 rings (SSSR count). The van der Waals surface area contributed by atoms with Crippen LogP contribution in [0.25, 0.3) is 0 Å². The molecule has 0 atom stereocenters. The van der Waals surface area contributed by atoms with Crippen molar-refractivity contribution in [2.45, 2.75) is 6.92 Å². The van der Waals surface area contributed by atoms with E-state index in [1.54, 1.807) is 0 Å². The predicted octanol–water partition coefficient (Wildman–Crippen LogP) is 0.307. The zero-order valence-electron chi connectivity index (χ0n) is 14.1. The minimum atomic E-state index is -2.58. The maximum atomic E-state index is 6.78. The maximum Gasteiger partial charge on any atom is 0.0425 e. The van der Waals surface area contributed by atoms with Crippen molar-refractivity contribution in [2.24, 2.45) is 0 Å². The lowest BCUT2D eigenvalue weighted by Gasteiger charge is -1.76. The molecule has 2 nitrogen and oxygen atoms in total. The largest absolute Gasteiger partial charge is 0.323 e. The standard InChI is InChI=1S/C3H9N.C2H7N.H2/c1-3-4-2;1-3-2;/h4H,3H2,1-2H3;3H,1-2H3;1H/i2+1D2,3+1D2;1D3,2D3;1+1. The molecule has 2 N–H and O–H groups in total. The van der Waals surface area contributed by atoms with Crippen molar-refractivity contribution < 1.29 is 15.1 Å². The van der Waals surface area contributed by atoms with Gasteiger partial charge in [-0.3, -0.25) is 0 Å². The van der Waals surface area contributed by atoms with Gasteiger partial charge in [0.1, 0.15) is 0 Å². The van der Waals surface area contributed by atoms with Crippen LogP contribution in [0.3, 0.4) is 0 Å². The zero-order chi connectivity index (χ0) is 14.5. The van der Waals surface area contributed by atoms with Gasteiger partial charge >= 0.3 is 0 Å². The second-order valence-corrected chi connectivity index (χ2v) is 0.519. The highest BCUT2D eigenvalue weighted by molar-refractivity contribution is 4.15.